The maximum Gasteiger partial charge on any atom is 0.434 e. The van der Waals surface area contributed by atoms with Gasteiger partial charge < -0.3 is 10.1 Å². The molecule has 0 saturated carbocycles. The summed E-state index contributed by atoms with van der Waals surface area (Å²) in [6, 6.07) is 4.77. The molecule has 136 valence electrons. The van der Waals surface area contributed by atoms with Crippen molar-refractivity contribution in [1.29, 1.82) is 0 Å². The van der Waals surface area contributed by atoms with Crippen molar-refractivity contribution >= 4 is 38.5 Å². The number of fused-ring (bicyclic) bond motifs is 1. The van der Waals surface area contributed by atoms with E-state index in [-0.39, 0.29) is 17.8 Å². The second-order valence-corrected chi connectivity index (χ2v) is 7.38. The van der Waals surface area contributed by atoms with E-state index in [9.17, 15) is 18.0 Å². The monoisotopic (exact) mass is 418 g/mol. The van der Waals surface area contributed by atoms with Crippen LogP contribution in [-0.2, 0) is 10.9 Å². The molecule has 1 aromatic carbocycles. The van der Waals surface area contributed by atoms with Gasteiger partial charge >= 0.3 is 12.1 Å². The Morgan fingerprint density at radius 2 is 1.92 bits per heavy atom. The van der Waals surface area contributed by atoms with E-state index in [1.807, 2.05) is 0 Å². The molecule has 0 bridgehead atoms. The highest BCUT2D eigenvalue weighted by molar-refractivity contribution is 9.10. The predicted molar refractivity (Wildman–Crippen MR) is 93.8 cm³/mol. The summed E-state index contributed by atoms with van der Waals surface area (Å²) in [4.78, 5) is 16.0. The first-order valence-electron chi connectivity index (χ1n) is 7.60. The molecule has 0 atom stereocenters. The number of esters is 1. The Balaban J connectivity index is 2.92. The van der Waals surface area contributed by atoms with Crippen molar-refractivity contribution in [2.45, 2.75) is 39.4 Å². The number of alkyl halides is 3. The van der Waals surface area contributed by atoms with E-state index >= 15 is 0 Å². The van der Waals surface area contributed by atoms with Crippen molar-refractivity contribution in [3.8, 4) is 0 Å². The van der Waals surface area contributed by atoms with Crippen molar-refractivity contribution in [1.82, 2.24) is 4.98 Å². The number of ether oxygens (including phenoxy) is 1. The molecule has 1 heterocycles. The minimum Gasteiger partial charge on any atom is -0.462 e. The molecule has 0 aliphatic rings. The number of nitrogens with zero attached hydrogens (tertiary/aromatic N) is 1. The van der Waals surface area contributed by atoms with Crippen LogP contribution in [0.1, 0.15) is 43.7 Å². The molecule has 0 amide bonds. The quantitative estimate of drug-likeness (QED) is 0.677. The van der Waals surface area contributed by atoms with Gasteiger partial charge in [-0.25, -0.2) is 9.78 Å². The highest BCUT2D eigenvalue weighted by Gasteiger charge is 2.40. The van der Waals surface area contributed by atoms with Crippen LogP contribution in [-0.4, -0.2) is 23.1 Å². The second-order valence-electron chi connectivity index (χ2n) is 6.47. The summed E-state index contributed by atoms with van der Waals surface area (Å²) >= 11 is 3.23. The third-order valence-electron chi connectivity index (χ3n) is 3.20. The molecule has 0 unspecified atom stereocenters. The van der Waals surface area contributed by atoms with E-state index in [0.29, 0.717) is 9.86 Å². The highest BCUT2D eigenvalue weighted by Crippen LogP contribution is 2.39. The molecule has 1 N–H and O–H groups in total. The second kappa shape index (κ2) is 6.82. The summed E-state index contributed by atoms with van der Waals surface area (Å²) in [6.07, 6.45) is -4.80. The summed E-state index contributed by atoms with van der Waals surface area (Å²) in [6.45, 7) is 6.87. The third kappa shape index (κ3) is 4.42. The van der Waals surface area contributed by atoms with Gasteiger partial charge in [0.1, 0.15) is 5.56 Å². The lowest BCUT2D eigenvalue weighted by molar-refractivity contribution is -0.141. The van der Waals surface area contributed by atoms with Crippen LogP contribution in [0.2, 0.25) is 0 Å². The first-order valence-corrected chi connectivity index (χ1v) is 8.39. The third-order valence-corrected chi connectivity index (χ3v) is 3.69. The zero-order chi connectivity index (χ0) is 19.0. The molecule has 8 heteroatoms. The molecule has 0 fully saturated rings. The number of benzene rings is 1. The van der Waals surface area contributed by atoms with E-state index in [2.05, 4.69) is 26.2 Å². The Morgan fingerprint density at radius 3 is 2.44 bits per heavy atom. The molecule has 25 heavy (non-hydrogen) atoms. The number of carbonyl (C=O) groups excluding carboxylic acids is 1. The molecule has 4 nitrogen and oxygen atoms in total. The van der Waals surface area contributed by atoms with E-state index < -0.39 is 28.9 Å². The van der Waals surface area contributed by atoms with E-state index in [1.54, 1.807) is 32.9 Å². The Labute approximate surface area is 151 Å². The van der Waals surface area contributed by atoms with Crippen LogP contribution >= 0.6 is 15.9 Å². The summed E-state index contributed by atoms with van der Waals surface area (Å²) < 4.78 is 46.2. The minimum atomic E-state index is -4.80. The van der Waals surface area contributed by atoms with Gasteiger partial charge in [0.2, 0.25) is 0 Å². The number of carbonyl (C=O) groups is 1. The number of hydrogen-bond acceptors (Lipinski definition) is 4. The van der Waals surface area contributed by atoms with Crippen LogP contribution in [0.4, 0.5) is 18.9 Å². The van der Waals surface area contributed by atoms with E-state index in [0.717, 1.165) is 0 Å². The van der Waals surface area contributed by atoms with Crippen LogP contribution in [0.3, 0.4) is 0 Å². The Bertz CT molecular complexity index is 814. The number of hydrogen-bond donors (Lipinski definition) is 1. The molecular formula is C17H18BrF3N2O2. The van der Waals surface area contributed by atoms with Gasteiger partial charge in [-0.1, -0.05) is 15.9 Å². The largest absolute Gasteiger partial charge is 0.462 e. The number of anilines is 1. The summed E-state index contributed by atoms with van der Waals surface area (Å²) in [5, 5.41) is 3.42. The SMILES string of the molecule is CCOC(=O)c1c(C(F)(F)F)nc2cc(Br)ccc2c1NC(C)(C)C. The Hall–Kier alpha value is -1.83. The topological polar surface area (TPSA) is 51.2 Å². The van der Waals surface area contributed by atoms with Crippen molar-refractivity contribution in [2.75, 3.05) is 11.9 Å². The normalized spacial score (nSPS) is 12.3. The molecule has 2 rings (SSSR count). The lowest BCUT2D eigenvalue weighted by Gasteiger charge is -2.26. The zero-order valence-electron chi connectivity index (χ0n) is 14.2. The molecule has 0 spiro atoms. The van der Waals surface area contributed by atoms with Gasteiger partial charge in [0.25, 0.3) is 0 Å². The molecule has 1 aromatic heterocycles. The highest BCUT2D eigenvalue weighted by atomic mass is 79.9. The van der Waals surface area contributed by atoms with Crippen LogP contribution in [0.15, 0.2) is 22.7 Å². The smallest absolute Gasteiger partial charge is 0.434 e. The number of aromatic nitrogens is 1. The van der Waals surface area contributed by atoms with Gasteiger partial charge in [0.15, 0.2) is 5.69 Å². The average Bonchev–Trinajstić information content (AvgIpc) is 2.44. The fourth-order valence-electron chi connectivity index (χ4n) is 2.35. The number of nitrogens with one attached hydrogen (secondary N) is 1. The van der Waals surface area contributed by atoms with Gasteiger partial charge in [0.05, 0.1) is 17.8 Å². The van der Waals surface area contributed by atoms with Crippen molar-refractivity contribution < 1.29 is 22.7 Å². The first-order chi connectivity index (χ1) is 11.4. The van der Waals surface area contributed by atoms with Crippen molar-refractivity contribution in [2.24, 2.45) is 0 Å². The van der Waals surface area contributed by atoms with Crippen LogP contribution in [0.25, 0.3) is 10.9 Å². The Kier molecular flexibility index (Phi) is 5.32. The number of halogens is 4. The van der Waals surface area contributed by atoms with Gasteiger partial charge in [-0.15, -0.1) is 0 Å². The predicted octanol–water partition coefficient (Wildman–Crippen LogP) is 5.40. The average molecular weight is 419 g/mol. The molecule has 0 saturated heterocycles. The molecule has 0 radical (unpaired) electrons. The number of rotatable bonds is 3. The van der Waals surface area contributed by atoms with Gasteiger partial charge in [0, 0.05) is 15.4 Å². The molecule has 0 aliphatic carbocycles. The maximum atomic E-state index is 13.6. The molecule has 0 aliphatic heterocycles. The summed E-state index contributed by atoms with van der Waals surface area (Å²) in [7, 11) is 0. The standard InChI is InChI=1S/C17H18BrF3N2O2/c1-5-25-15(24)12-13(23-16(2,3)4)10-7-6-9(18)8-11(10)22-14(12)17(19,20)21/h6-8H,5H2,1-4H3,(H,22,23). The molecular weight excluding hydrogens is 401 g/mol. The van der Waals surface area contributed by atoms with Crippen molar-refractivity contribution in [3.63, 3.8) is 0 Å². The van der Waals surface area contributed by atoms with Crippen molar-refractivity contribution in [3.05, 3.63) is 33.9 Å². The van der Waals surface area contributed by atoms with Gasteiger partial charge in [-0.2, -0.15) is 13.2 Å². The minimum absolute atomic E-state index is 0.0382. The maximum absolute atomic E-state index is 13.6. The fourth-order valence-corrected chi connectivity index (χ4v) is 2.70. The van der Waals surface area contributed by atoms with Gasteiger partial charge in [-0.05, 0) is 45.9 Å². The fraction of sp³-hybridized carbons (Fsp3) is 0.412. The summed E-state index contributed by atoms with van der Waals surface area (Å²) in [5.74, 6) is -1.06. The van der Waals surface area contributed by atoms with Crippen LogP contribution < -0.4 is 5.32 Å². The van der Waals surface area contributed by atoms with E-state index in [1.165, 1.54) is 13.0 Å². The van der Waals surface area contributed by atoms with Crippen LogP contribution in [0, 0.1) is 0 Å². The van der Waals surface area contributed by atoms with Gasteiger partial charge in [-0.3, -0.25) is 0 Å². The molecule has 2 aromatic rings. The zero-order valence-corrected chi connectivity index (χ0v) is 15.8. The van der Waals surface area contributed by atoms with E-state index in [4.69, 9.17) is 4.74 Å². The lowest BCUT2D eigenvalue weighted by Crippen LogP contribution is -2.29. The Morgan fingerprint density at radius 1 is 1.28 bits per heavy atom. The number of pyridine rings is 1. The first kappa shape index (κ1) is 19.5. The van der Waals surface area contributed by atoms with Crippen LogP contribution in [0.5, 0.6) is 0 Å². The summed E-state index contributed by atoms with van der Waals surface area (Å²) in [5.41, 5.74) is -2.24. The lowest BCUT2D eigenvalue weighted by atomic mass is 10.0.